The summed E-state index contributed by atoms with van der Waals surface area (Å²) >= 11 is 5.91. The van der Waals surface area contributed by atoms with E-state index in [0.29, 0.717) is 0 Å². The number of hydrogen-bond acceptors (Lipinski definition) is 2. The van der Waals surface area contributed by atoms with Crippen LogP contribution in [0.5, 0.6) is 0 Å². The predicted molar refractivity (Wildman–Crippen MR) is 91.0 cm³/mol. The lowest BCUT2D eigenvalue weighted by Crippen LogP contribution is -2.07. The SMILES string of the molecule is Nc1ccccc1Cn1ccnc1CCc1ccc(Cl)cc1. The molecule has 0 atom stereocenters. The summed E-state index contributed by atoms with van der Waals surface area (Å²) in [6.07, 6.45) is 5.68. The third-order valence-corrected chi connectivity index (χ3v) is 4.00. The van der Waals surface area contributed by atoms with Gasteiger partial charge in [-0.1, -0.05) is 41.9 Å². The molecular formula is C18H18ClN3. The highest BCUT2D eigenvalue weighted by Crippen LogP contribution is 2.15. The number of nitrogens with zero attached hydrogens (tertiary/aromatic N) is 2. The van der Waals surface area contributed by atoms with Gasteiger partial charge in [0.2, 0.25) is 0 Å². The fraction of sp³-hybridized carbons (Fsp3) is 0.167. The van der Waals surface area contributed by atoms with E-state index >= 15 is 0 Å². The van der Waals surface area contributed by atoms with Gasteiger partial charge in [-0.05, 0) is 35.7 Å². The van der Waals surface area contributed by atoms with E-state index in [2.05, 4.69) is 27.8 Å². The molecule has 22 heavy (non-hydrogen) atoms. The van der Waals surface area contributed by atoms with Crippen LogP contribution in [0.2, 0.25) is 5.02 Å². The molecule has 0 spiro atoms. The molecule has 3 rings (SSSR count). The fourth-order valence-electron chi connectivity index (χ4n) is 2.48. The maximum atomic E-state index is 6.02. The number of benzene rings is 2. The van der Waals surface area contributed by atoms with Crippen molar-refractivity contribution in [3.05, 3.63) is 82.9 Å². The van der Waals surface area contributed by atoms with Crippen LogP contribution in [0.25, 0.3) is 0 Å². The van der Waals surface area contributed by atoms with Crippen molar-refractivity contribution >= 4 is 17.3 Å². The van der Waals surface area contributed by atoms with Gasteiger partial charge in [-0.2, -0.15) is 0 Å². The molecule has 3 aromatic rings. The molecule has 0 saturated carbocycles. The van der Waals surface area contributed by atoms with Crippen LogP contribution in [-0.2, 0) is 19.4 Å². The Morgan fingerprint density at radius 1 is 1.00 bits per heavy atom. The van der Waals surface area contributed by atoms with E-state index in [1.54, 1.807) is 0 Å². The number of para-hydroxylation sites is 1. The van der Waals surface area contributed by atoms with E-state index in [0.717, 1.165) is 41.5 Å². The fourth-order valence-corrected chi connectivity index (χ4v) is 2.61. The van der Waals surface area contributed by atoms with E-state index in [4.69, 9.17) is 17.3 Å². The minimum absolute atomic E-state index is 0.753. The van der Waals surface area contributed by atoms with E-state index in [-0.39, 0.29) is 0 Å². The first kappa shape index (κ1) is 14.7. The van der Waals surface area contributed by atoms with Gasteiger partial charge >= 0.3 is 0 Å². The molecule has 3 nitrogen and oxygen atoms in total. The Kier molecular flexibility index (Phi) is 4.45. The molecule has 0 aliphatic carbocycles. The molecule has 0 unspecified atom stereocenters. The monoisotopic (exact) mass is 311 g/mol. The van der Waals surface area contributed by atoms with Gasteiger partial charge in [0.1, 0.15) is 5.82 Å². The summed E-state index contributed by atoms with van der Waals surface area (Å²) in [6.45, 7) is 0.753. The lowest BCUT2D eigenvalue weighted by molar-refractivity contribution is 0.713. The summed E-state index contributed by atoms with van der Waals surface area (Å²) < 4.78 is 2.15. The summed E-state index contributed by atoms with van der Waals surface area (Å²) in [7, 11) is 0. The normalized spacial score (nSPS) is 10.8. The van der Waals surface area contributed by atoms with Crippen LogP contribution in [-0.4, -0.2) is 9.55 Å². The highest BCUT2D eigenvalue weighted by Gasteiger charge is 2.06. The average molecular weight is 312 g/mol. The Morgan fingerprint density at radius 2 is 1.77 bits per heavy atom. The van der Waals surface area contributed by atoms with Crippen LogP contribution in [0.4, 0.5) is 5.69 Å². The second kappa shape index (κ2) is 6.67. The lowest BCUT2D eigenvalue weighted by Gasteiger charge is -2.10. The maximum absolute atomic E-state index is 6.02. The first-order valence-electron chi connectivity index (χ1n) is 7.30. The molecule has 0 saturated heterocycles. The van der Waals surface area contributed by atoms with Crippen molar-refractivity contribution in [2.75, 3.05) is 5.73 Å². The molecular weight excluding hydrogens is 294 g/mol. The van der Waals surface area contributed by atoms with Crippen molar-refractivity contribution in [3.8, 4) is 0 Å². The van der Waals surface area contributed by atoms with Crippen LogP contribution in [0.1, 0.15) is 17.0 Å². The Morgan fingerprint density at radius 3 is 2.55 bits per heavy atom. The number of aryl methyl sites for hydroxylation is 2. The molecule has 0 radical (unpaired) electrons. The smallest absolute Gasteiger partial charge is 0.109 e. The van der Waals surface area contributed by atoms with Gasteiger partial charge in [-0.3, -0.25) is 0 Å². The van der Waals surface area contributed by atoms with Crippen LogP contribution < -0.4 is 5.73 Å². The summed E-state index contributed by atoms with van der Waals surface area (Å²) in [4.78, 5) is 4.47. The number of hydrogen-bond donors (Lipinski definition) is 1. The molecule has 0 amide bonds. The lowest BCUT2D eigenvalue weighted by atomic mass is 10.1. The zero-order valence-electron chi connectivity index (χ0n) is 12.2. The summed E-state index contributed by atoms with van der Waals surface area (Å²) in [6, 6.07) is 15.9. The van der Waals surface area contributed by atoms with E-state index in [1.807, 2.05) is 42.7 Å². The first-order chi connectivity index (χ1) is 10.7. The van der Waals surface area contributed by atoms with Gasteiger partial charge < -0.3 is 10.3 Å². The molecule has 4 heteroatoms. The van der Waals surface area contributed by atoms with Crippen LogP contribution in [0, 0.1) is 0 Å². The van der Waals surface area contributed by atoms with Crippen molar-refractivity contribution in [1.29, 1.82) is 0 Å². The largest absolute Gasteiger partial charge is 0.398 e. The molecule has 2 aromatic carbocycles. The Balaban J connectivity index is 1.70. The average Bonchev–Trinajstić information content (AvgIpc) is 2.96. The topological polar surface area (TPSA) is 43.8 Å². The number of imidazole rings is 1. The van der Waals surface area contributed by atoms with E-state index in [9.17, 15) is 0 Å². The second-order valence-electron chi connectivity index (χ2n) is 5.30. The first-order valence-corrected chi connectivity index (χ1v) is 7.68. The minimum Gasteiger partial charge on any atom is -0.398 e. The quantitative estimate of drug-likeness (QED) is 0.725. The number of rotatable bonds is 5. The summed E-state index contributed by atoms with van der Waals surface area (Å²) in [5.74, 6) is 1.07. The molecule has 0 fully saturated rings. The third kappa shape index (κ3) is 3.49. The number of halogens is 1. The predicted octanol–water partition coefficient (Wildman–Crippen LogP) is 3.95. The molecule has 2 N–H and O–H groups in total. The zero-order chi connectivity index (χ0) is 15.4. The molecule has 0 aliphatic heterocycles. The Hall–Kier alpha value is -2.26. The molecule has 1 heterocycles. The molecule has 0 bridgehead atoms. The highest BCUT2D eigenvalue weighted by molar-refractivity contribution is 6.30. The van der Waals surface area contributed by atoms with Gasteiger partial charge in [0.25, 0.3) is 0 Å². The standard InChI is InChI=1S/C18H18ClN3/c19-16-8-5-14(6-9-16)7-10-18-21-11-12-22(18)13-15-3-1-2-4-17(15)20/h1-6,8-9,11-12H,7,10,13,20H2. The Labute approximate surface area is 135 Å². The number of anilines is 1. The van der Waals surface area contributed by atoms with Crippen molar-refractivity contribution in [2.24, 2.45) is 0 Å². The van der Waals surface area contributed by atoms with Crippen molar-refractivity contribution < 1.29 is 0 Å². The van der Waals surface area contributed by atoms with Crippen LogP contribution in [0.15, 0.2) is 60.9 Å². The molecule has 112 valence electrons. The number of nitrogens with two attached hydrogens (primary N) is 1. The van der Waals surface area contributed by atoms with Gasteiger partial charge in [-0.25, -0.2) is 4.98 Å². The van der Waals surface area contributed by atoms with Crippen LogP contribution in [0.3, 0.4) is 0 Å². The Bertz CT molecular complexity index is 747. The highest BCUT2D eigenvalue weighted by atomic mass is 35.5. The van der Waals surface area contributed by atoms with Crippen molar-refractivity contribution in [3.63, 3.8) is 0 Å². The van der Waals surface area contributed by atoms with Crippen LogP contribution >= 0.6 is 11.6 Å². The molecule has 0 aliphatic rings. The zero-order valence-corrected chi connectivity index (χ0v) is 13.0. The van der Waals surface area contributed by atoms with Gasteiger partial charge in [0.05, 0.1) is 6.54 Å². The maximum Gasteiger partial charge on any atom is 0.109 e. The van der Waals surface area contributed by atoms with Gasteiger partial charge in [-0.15, -0.1) is 0 Å². The number of nitrogen functional groups attached to an aromatic ring is 1. The molecule has 1 aromatic heterocycles. The van der Waals surface area contributed by atoms with Crippen molar-refractivity contribution in [1.82, 2.24) is 9.55 Å². The second-order valence-corrected chi connectivity index (χ2v) is 5.73. The summed E-state index contributed by atoms with van der Waals surface area (Å²) in [5.41, 5.74) is 9.22. The minimum atomic E-state index is 0.753. The summed E-state index contributed by atoms with van der Waals surface area (Å²) in [5, 5.41) is 0.768. The van der Waals surface area contributed by atoms with Gasteiger partial charge in [0, 0.05) is 29.5 Å². The van der Waals surface area contributed by atoms with Crippen molar-refractivity contribution in [2.45, 2.75) is 19.4 Å². The van der Waals surface area contributed by atoms with Gasteiger partial charge in [0.15, 0.2) is 0 Å². The third-order valence-electron chi connectivity index (χ3n) is 3.75. The van der Waals surface area contributed by atoms with E-state index < -0.39 is 0 Å². The number of aromatic nitrogens is 2. The van der Waals surface area contributed by atoms with E-state index in [1.165, 1.54) is 5.56 Å².